The number of rotatable bonds is 8. The molecule has 22 heteroatoms. The van der Waals surface area contributed by atoms with Gasteiger partial charge in [0.25, 0.3) is 0 Å². The van der Waals surface area contributed by atoms with E-state index in [1.54, 1.807) is 86.8 Å². The van der Waals surface area contributed by atoms with Crippen LogP contribution in [0.1, 0.15) is 91.9 Å². The van der Waals surface area contributed by atoms with Crippen LogP contribution in [0.4, 0.5) is 0 Å². The molecule has 22 nitrogen and oxygen atoms in total. The van der Waals surface area contributed by atoms with Crippen LogP contribution >= 0.6 is 0 Å². The molecule has 0 aliphatic carbocycles. The van der Waals surface area contributed by atoms with Crippen LogP contribution < -0.4 is 11.1 Å². The number of methoxy groups -OCH3 is 2. The van der Waals surface area contributed by atoms with Crippen LogP contribution in [0.5, 0.6) is 0 Å². The van der Waals surface area contributed by atoms with E-state index >= 15 is 0 Å². The summed E-state index contributed by atoms with van der Waals surface area (Å²) in [5.41, 5.74) is 6.11. The van der Waals surface area contributed by atoms with Crippen molar-refractivity contribution in [2.45, 2.75) is 195 Å². The van der Waals surface area contributed by atoms with Gasteiger partial charge in [-0.1, -0.05) is 98.9 Å². The van der Waals surface area contributed by atoms with Gasteiger partial charge in [0, 0.05) is 43.9 Å². The number of fused-ring (bicyclic) bond motifs is 2. The third-order valence-corrected chi connectivity index (χ3v) is 13.7. The van der Waals surface area contributed by atoms with Crippen molar-refractivity contribution in [3.8, 4) is 0 Å². The Bertz CT molecular complexity index is 2010. The number of allylic oxidation sites excluding steroid dienone is 12. The average molecular weight is 1080 g/mol. The number of nitrogens with one attached hydrogen (secondary N) is 1. The molecule has 3 aliphatic rings. The largest absolute Gasteiger partial charge is 0.469 e. The first-order valence-electron chi connectivity index (χ1n) is 25.8. The van der Waals surface area contributed by atoms with Crippen LogP contribution in [0.3, 0.4) is 0 Å². The Morgan fingerprint density at radius 3 is 1.88 bits per heavy atom. The van der Waals surface area contributed by atoms with Gasteiger partial charge in [0.05, 0.1) is 99.7 Å². The lowest BCUT2D eigenvalue weighted by atomic mass is 9.82. The predicted octanol–water partition coefficient (Wildman–Crippen LogP) is 0.238. The highest BCUT2D eigenvalue weighted by Crippen LogP contribution is 2.38. The lowest BCUT2D eigenvalue weighted by Gasteiger charge is -2.46. The first-order chi connectivity index (χ1) is 35.9. The van der Waals surface area contributed by atoms with Crippen LogP contribution in [0.2, 0.25) is 0 Å². The summed E-state index contributed by atoms with van der Waals surface area (Å²) in [5, 5.41) is 113. The van der Waals surface area contributed by atoms with Crippen molar-refractivity contribution in [1.29, 1.82) is 0 Å². The smallest absolute Gasteiger partial charge is 0.328 e. The number of aliphatic hydroxyl groups excluding tert-OH is 9. The minimum Gasteiger partial charge on any atom is -0.469 e. The number of hydrogen-bond donors (Lipinski definition) is 12. The second kappa shape index (κ2) is 33.1. The number of carbonyl (C=O) groups is 4. The van der Waals surface area contributed by atoms with Crippen molar-refractivity contribution in [1.82, 2.24) is 5.32 Å². The van der Waals surface area contributed by atoms with Crippen LogP contribution in [-0.2, 0) is 47.6 Å². The third kappa shape index (κ3) is 22.1. The van der Waals surface area contributed by atoms with Gasteiger partial charge in [-0.15, -0.1) is 0 Å². The number of ether oxygens (including phenoxy) is 6. The standard InChI is InChI=1S/C54H84N2O20/c1-31-19-17-15-13-11-9-7-8-10-12-14-16-18-20-38(75-53-50(67)47(55)49(66)34(4)74-53)28-43-46(51(68)56-39(52(69)72-6)22-24-44(63)71-5)42(62)30-54(70,76-43)29-37(59)26-41(61)40(60)23-21-35(57)25-36(58)27-45(64)73-33(3)32(2)48(31)65/h7-20,31-43,46-50,53,57-62,65-67,70H,21-30,55H2,1-6H3,(H,56,68)/b8-7+,11-9+,12-10+,15-13+,16-14+,19-17+,20-18+/t31-,32-,33-,34+,35+,36+,37-,38-,39-,40+,41+,42-,43-,46+,47-,48+,49+,50-,53-,54+/m0/s1. The molecule has 2 saturated heterocycles. The summed E-state index contributed by atoms with van der Waals surface area (Å²) in [7, 11) is 2.21. The second-order valence-corrected chi connectivity index (χ2v) is 19.9. The van der Waals surface area contributed by atoms with Crippen LogP contribution in [0.15, 0.2) is 85.1 Å². The molecular weight excluding hydrogens is 997 g/mol. The van der Waals surface area contributed by atoms with Crippen LogP contribution in [-0.4, -0.2) is 193 Å². The first kappa shape index (κ1) is 65.8. The van der Waals surface area contributed by atoms with Crippen molar-refractivity contribution in [2.24, 2.45) is 23.5 Å². The van der Waals surface area contributed by atoms with Crippen molar-refractivity contribution >= 4 is 23.8 Å². The zero-order valence-electron chi connectivity index (χ0n) is 44.3. The molecule has 3 rings (SSSR count). The topological polar surface area (TPSA) is 364 Å². The molecule has 3 aliphatic heterocycles. The highest BCUT2D eigenvalue weighted by Gasteiger charge is 2.51. The van der Waals surface area contributed by atoms with E-state index in [9.17, 15) is 70.2 Å². The van der Waals surface area contributed by atoms with Crippen LogP contribution in [0, 0.1) is 17.8 Å². The SMILES string of the molecule is COC(=O)CC[C@H](NC(=O)[C@H]1[C@@H]2C[C@@H](O[C@@H]3O[C@H](C)[C@@H](O)[C@H](N)[C@@H]3O)/C=C/C=C/C=C/C=C/C=C/C=C/C=C/[C@H](C)[C@@H](O)[C@@H](C)[C@H](C)OC(=O)C[C@H](O)C[C@H](O)CC[C@@H](O)[C@H](O)C[C@H](O)C[C@](O)(C[C@@H]1O)O2)C(=O)OC. The Labute approximate surface area is 444 Å². The zero-order valence-corrected chi connectivity index (χ0v) is 44.3. The van der Waals surface area contributed by atoms with Crippen molar-refractivity contribution in [3.05, 3.63) is 85.1 Å². The highest BCUT2D eigenvalue weighted by molar-refractivity contribution is 5.87. The molecule has 2 bridgehead atoms. The van der Waals surface area contributed by atoms with Crippen molar-refractivity contribution in [3.63, 3.8) is 0 Å². The molecule has 0 aromatic rings. The minimum atomic E-state index is -2.43. The average Bonchev–Trinajstić information content (AvgIpc) is 3.35. The van der Waals surface area contributed by atoms with E-state index in [0.717, 1.165) is 14.2 Å². The van der Waals surface area contributed by atoms with Gasteiger partial charge < -0.3 is 90.5 Å². The van der Waals surface area contributed by atoms with E-state index in [2.05, 4.69) is 10.1 Å². The molecule has 0 saturated carbocycles. The fraction of sp³-hybridized carbons (Fsp3) is 0.667. The normalized spacial score (nSPS) is 40.8. The zero-order chi connectivity index (χ0) is 56.7. The molecular formula is C54H84N2O20. The molecule has 20 atom stereocenters. The van der Waals surface area contributed by atoms with Gasteiger partial charge >= 0.3 is 17.9 Å². The van der Waals surface area contributed by atoms with Crippen molar-refractivity contribution in [2.75, 3.05) is 14.2 Å². The summed E-state index contributed by atoms with van der Waals surface area (Å²) in [4.78, 5) is 51.8. The van der Waals surface area contributed by atoms with E-state index in [1.807, 2.05) is 13.0 Å². The van der Waals surface area contributed by atoms with Gasteiger partial charge in [-0.2, -0.15) is 0 Å². The van der Waals surface area contributed by atoms with E-state index in [-0.39, 0.29) is 38.0 Å². The van der Waals surface area contributed by atoms with E-state index in [0.29, 0.717) is 0 Å². The molecule has 0 unspecified atom stereocenters. The summed E-state index contributed by atoms with van der Waals surface area (Å²) in [6.45, 7) is 6.70. The summed E-state index contributed by atoms with van der Waals surface area (Å²) >= 11 is 0. The first-order valence-corrected chi connectivity index (χ1v) is 25.8. The molecule has 430 valence electrons. The molecule has 0 radical (unpaired) electrons. The second-order valence-electron chi connectivity index (χ2n) is 19.9. The molecule has 0 aromatic carbocycles. The van der Waals surface area contributed by atoms with Gasteiger partial charge in [0.2, 0.25) is 5.91 Å². The number of hydrogen-bond acceptors (Lipinski definition) is 21. The number of amides is 1. The molecule has 0 aromatic heterocycles. The highest BCUT2D eigenvalue weighted by atomic mass is 16.7. The monoisotopic (exact) mass is 1080 g/mol. The van der Waals surface area contributed by atoms with Gasteiger partial charge in [0.1, 0.15) is 18.2 Å². The predicted molar refractivity (Wildman–Crippen MR) is 275 cm³/mol. The van der Waals surface area contributed by atoms with Crippen molar-refractivity contribution < 1.29 is 98.7 Å². The Kier molecular flexibility index (Phi) is 28.6. The maximum Gasteiger partial charge on any atom is 0.328 e. The Balaban J connectivity index is 2.01. The summed E-state index contributed by atoms with van der Waals surface area (Å²) < 4.78 is 33.2. The molecule has 0 spiro atoms. The number of cyclic esters (lactones) is 1. The Morgan fingerprint density at radius 1 is 0.697 bits per heavy atom. The summed E-state index contributed by atoms with van der Waals surface area (Å²) in [6.07, 6.45) is 1.55. The lowest BCUT2D eigenvalue weighted by molar-refractivity contribution is -0.307. The van der Waals surface area contributed by atoms with Gasteiger partial charge in [-0.3, -0.25) is 14.4 Å². The van der Waals surface area contributed by atoms with E-state index in [1.165, 1.54) is 13.0 Å². The molecule has 76 heavy (non-hydrogen) atoms. The summed E-state index contributed by atoms with van der Waals surface area (Å²) in [6, 6.07) is -2.62. The summed E-state index contributed by atoms with van der Waals surface area (Å²) in [5.74, 6) is -8.12. The number of carbonyl (C=O) groups excluding carboxylic acids is 4. The van der Waals surface area contributed by atoms with Gasteiger partial charge in [0.15, 0.2) is 12.1 Å². The van der Waals surface area contributed by atoms with E-state index in [4.69, 9.17) is 29.4 Å². The Hall–Kier alpha value is -4.50. The number of nitrogens with two attached hydrogens (primary N) is 1. The minimum absolute atomic E-state index is 0.142. The molecule has 3 heterocycles. The number of aliphatic hydroxyl groups is 10. The third-order valence-electron chi connectivity index (χ3n) is 13.7. The lowest BCUT2D eigenvalue weighted by Crippen LogP contribution is -2.62. The maximum atomic E-state index is 14.2. The fourth-order valence-electron chi connectivity index (χ4n) is 9.01. The molecule has 2 fully saturated rings. The maximum absolute atomic E-state index is 14.2. The van der Waals surface area contributed by atoms with Crippen LogP contribution in [0.25, 0.3) is 0 Å². The molecule has 13 N–H and O–H groups in total. The van der Waals surface area contributed by atoms with Gasteiger partial charge in [-0.05, 0) is 39.5 Å². The Morgan fingerprint density at radius 2 is 1.29 bits per heavy atom. The molecule has 1 amide bonds. The fourth-order valence-corrected chi connectivity index (χ4v) is 9.01. The van der Waals surface area contributed by atoms with Gasteiger partial charge in [-0.25, -0.2) is 4.79 Å². The number of esters is 3. The van der Waals surface area contributed by atoms with E-state index < -0.39 is 171 Å². The quantitative estimate of drug-likeness (QED) is 0.114.